The fraction of sp³-hybridized carbons (Fsp3) is 0. The second-order valence-electron chi connectivity index (χ2n) is 4.32. The van der Waals surface area contributed by atoms with Crippen molar-refractivity contribution in [3.05, 3.63) is 72.7 Å². The molecule has 0 fully saturated rings. The number of fused-ring (bicyclic) bond motifs is 1. The third-order valence-corrected chi connectivity index (χ3v) is 3.19. The Balaban J connectivity index is 2.31. The van der Waals surface area contributed by atoms with Crippen LogP contribution in [0.25, 0.3) is 28.1 Å². The molecule has 0 unspecified atom stereocenters. The largest absolute Gasteiger partial charge is 0.218 e. The van der Waals surface area contributed by atoms with Crippen LogP contribution in [-0.4, -0.2) is 0 Å². The van der Waals surface area contributed by atoms with E-state index in [1.807, 2.05) is 48.7 Å². The molecule has 0 aliphatic carbocycles. The van der Waals surface area contributed by atoms with E-state index in [-0.39, 0.29) is 0 Å². The first-order valence-corrected chi connectivity index (χ1v) is 6.16. The van der Waals surface area contributed by atoms with Gasteiger partial charge < -0.3 is 0 Å². The number of pyridine rings is 1. The Hall–Kier alpha value is -2.48. The Morgan fingerprint density at radius 3 is 2.47 bits per heavy atom. The van der Waals surface area contributed by atoms with Gasteiger partial charge >= 0.3 is 0 Å². The van der Waals surface area contributed by atoms with E-state index in [2.05, 4.69) is 17.1 Å². The normalized spacial score (nSPS) is 11.2. The lowest BCUT2D eigenvalue weighted by molar-refractivity contribution is -0.362. The van der Waals surface area contributed by atoms with Gasteiger partial charge in [0.05, 0.1) is 11.7 Å². The maximum atomic E-state index is 12.4. The van der Waals surface area contributed by atoms with Crippen molar-refractivity contribution in [1.29, 1.82) is 0 Å². The lowest BCUT2D eigenvalue weighted by Crippen LogP contribution is -2.06. The van der Waals surface area contributed by atoms with Crippen LogP contribution < -0.4 is 4.98 Å². The van der Waals surface area contributed by atoms with Gasteiger partial charge in [-0.15, -0.1) is 0 Å². The topological polar surface area (TPSA) is 14.1 Å². The quantitative estimate of drug-likeness (QED) is 0.645. The van der Waals surface area contributed by atoms with Crippen LogP contribution in [0, 0.1) is 0 Å². The molecular weight excluding hydrogens is 237 g/mol. The van der Waals surface area contributed by atoms with Crippen LogP contribution in [0.5, 0.6) is 0 Å². The molecule has 3 rings (SSSR count). The van der Waals surface area contributed by atoms with Gasteiger partial charge in [-0.1, -0.05) is 30.3 Å². The highest BCUT2D eigenvalue weighted by atomic mass is 19.1. The average Bonchev–Trinajstić information content (AvgIpc) is 2.48. The fourth-order valence-electron chi connectivity index (χ4n) is 2.33. The molecule has 19 heavy (non-hydrogen) atoms. The number of benzene rings is 2. The van der Waals surface area contributed by atoms with Gasteiger partial charge in [0.2, 0.25) is 5.69 Å². The highest BCUT2D eigenvalue weighted by Crippen LogP contribution is 2.26. The third kappa shape index (κ3) is 2.13. The molecule has 0 saturated heterocycles. The summed E-state index contributed by atoms with van der Waals surface area (Å²) >= 11 is 0. The van der Waals surface area contributed by atoms with Gasteiger partial charge in [0.25, 0.3) is 0 Å². The predicted molar refractivity (Wildman–Crippen MR) is 76.1 cm³/mol. The minimum Gasteiger partial charge on any atom is -0.216 e. The summed E-state index contributed by atoms with van der Waals surface area (Å²) in [7, 11) is 0. The van der Waals surface area contributed by atoms with Crippen LogP contribution >= 0.6 is 0 Å². The van der Waals surface area contributed by atoms with Crippen LogP contribution in [0.15, 0.2) is 67.1 Å². The molecule has 2 heteroatoms. The van der Waals surface area contributed by atoms with Crippen LogP contribution in [-0.2, 0) is 0 Å². The standard InChI is InChI=1S/C17H12FN/c18-11-9-13-7-4-8-16-15(13)10-12-19-17(16)14-5-2-1-3-6-14/h1-12H/p+1/b11-9+. The lowest BCUT2D eigenvalue weighted by atomic mass is 10.0. The minimum absolute atomic E-state index is 0.577. The summed E-state index contributed by atoms with van der Waals surface area (Å²) in [5.41, 5.74) is 3.05. The Bertz CT molecular complexity index is 733. The molecule has 1 aromatic heterocycles. The predicted octanol–water partition coefficient (Wildman–Crippen LogP) is 4.26. The molecule has 2 aromatic carbocycles. The number of nitrogens with one attached hydrogen (secondary N) is 1. The zero-order valence-electron chi connectivity index (χ0n) is 10.3. The molecule has 1 heterocycles. The van der Waals surface area contributed by atoms with Crippen LogP contribution in [0.3, 0.4) is 0 Å². The van der Waals surface area contributed by atoms with Crippen molar-refractivity contribution in [1.82, 2.24) is 0 Å². The first kappa shape index (κ1) is 11.6. The van der Waals surface area contributed by atoms with Crippen molar-refractivity contribution in [3.8, 4) is 11.3 Å². The van der Waals surface area contributed by atoms with E-state index in [0.29, 0.717) is 6.33 Å². The number of rotatable bonds is 2. The monoisotopic (exact) mass is 250 g/mol. The molecule has 0 aliphatic rings. The number of H-pyrrole nitrogens is 1. The van der Waals surface area contributed by atoms with Crippen molar-refractivity contribution in [2.75, 3.05) is 0 Å². The third-order valence-electron chi connectivity index (χ3n) is 3.19. The Labute approximate surface area is 111 Å². The summed E-state index contributed by atoms with van der Waals surface area (Å²) in [4.78, 5) is 3.28. The zero-order valence-corrected chi connectivity index (χ0v) is 10.3. The van der Waals surface area contributed by atoms with Crippen molar-refractivity contribution in [2.24, 2.45) is 0 Å². The number of hydrogen-bond donors (Lipinski definition) is 0. The van der Waals surface area contributed by atoms with E-state index in [9.17, 15) is 4.39 Å². The Kier molecular flexibility index (Phi) is 3.07. The molecule has 92 valence electrons. The molecule has 0 amide bonds. The molecule has 0 bridgehead atoms. The lowest BCUT2D eigenvalue weighted by Gasteiger charge is -2.03. The first-order valence-electron chi connectivity index (χ1n) is 6.16. The highest BCUT2D eigenvalue weighted by molar-refractivity contribution is 5.97. The first-order chi connectivity index (χ1) is 9.40. The fourth-order valence-corrected chi connectivity index (χ4v) is 2.33. The summed E-state index contributed by atoms with van der Waals surface area (Å²) < 4.78 is 12.4. The number of aromatic nitrogens is 1. The van der Waals surface area contributed by atoms with E-state index in [1.165, 1.54) is 6.08 Å². The molecule has 0 radical (unpaired) electrons. The molecule has 0 saturated carbocycles. The Morgan fingerprint density at radius 2 is 1.68 bits per heavy atom. The summed E-state index contributed by atoms with van der Waals surface area (Å²) in [5.74, 6) is 0. The maximum absolute atomic E-state index is 12.4. The van der Waals surface area contributed by atoms with Crippen molar-refractivity contribution in [3.63, 3.8) is 0 Å². The van der Waals surface area contributed by atoms with Crippen LogP contribution in [0.4, 0.5) is 4.39 Å². The van der Waals surface area contributed by atoms with E-state index < -0.39 is 0 Å². The van der Waals surface area contributed by atoms with Crippen molar-refractivity contribution >= 4 is 16.8 Å². The van der Waals surface area contributed by atoms with Gasteiger partial charge in [-0.05, 0) is 29.8 Å². The average molecular weight is 250 g/mol. The number of halogens is 1. The summed E-state index contributed by atoms with van der Waals surface area (Å²) in [6.45, 7) is 0. The van der Waals surface area contributed by atoms with Gasteiger partial charge in [-0.3, -0.25) is 0 Å². The second kappa shape index (κ2) is 5.02. The van der Waals surface area contributed by atoms with E-state index in [0.717, 1.165) is 27.6 Å². The van der Waals surface area contributed by atoms with Crippen LogP contribution in [0.2, 0.25) is 0 Å². The second-order valence-corrected chi connectivity index (χ2v) is 4.32. The Morgan fingerprint density at radius 1 is 0.842 bits per heavy atom. The van der Waals surface area contributed by atoms with Crippen molar-refractivity contribution in [2.45, 2.75) is 0 Å². The molecule has 1 N–H and O–H groups in total. The molecule has 0 aliphatic heterocycles. The smallest absolute Gasteiger partial charge is 0.216 e. The molecular formula is C17H13FN+. The van der Waals surface area contributed by atoms with Gasteiger partial charge in [0, 0.05) is 17.0 Å². The maximum Gasteiger partial charge on any atom is 0.218 e. The number of aromatic amines is 1. The highest BCUT2D eigenvalue weighted by Gasteiger charge is 2.11. The van der Waals surface area contributed by atoms with Gasteiger partial charge in [0.1, 0.15) is 0 Å². The number of hydrogen-bond acceptors (Lipinski definition) is 0. The minimum atomic E-state index is 0.577. The van der Waals surface area contributed by atoms with Crippen molar-refractivity contribution < 1.29 is 9.37 Å². The van der Waals surface area contributed by atoms with E-state index in [4.69, 9.17) is 0 Å². The molecule has 0 atom stereocenters. The molecule has 1 nitrogen and oxygen atoms in total. The van der Waals surface area contributed by atoms with Gasteiger partial charge in [-0.25, -0.2) is 9.37 Å². The van der Waals surface area contributed by atoms with E-state index in [1.54, 1.807) is 0 Å². The SMILES string of the molecule is F/C=C/c1cccc2c(-c3ccccc3)[nH+]ccc12. The summed E-state index contributed by atoms with van der Waals surface area (Å²) in [6.07, 6.45) is 3.95. The summed E-state index contributed by atoms with van der Waals surface area (Å²) in [5, 5.41) is 2.12. The van der Waals surface area contributed by atoms with Gasteiger partial charge in [0.15, 0.2) is 6.20 Å². The molecule has 0 spiro atoms. The van der Waals surface area contributed by atoms with Crippen LogP contribution in [0.1, 0.15) is 5.56 Å². The van der Waals surface area contributed by atoms with Gasteiger partial charge in [-0.2, -0.15) is 0 Å². The van der Waals surface area contributed by atoms with E-state index >= 15 is 0 Å². The zero-order chi connectivity index (χ0) is 13.1. The molecule has 3 aromatic rings. The summed E-state index contributed by atoms with van der Waals surface area (Å²) in [6, 6.07) is 18.0.